The van der Waals surface area contributed by atoms with Crippen molar-refractivity contribution in [2.75, 3.05) is 109 Å². The van der Waals surface area contributed by atoms with E-state index < -0.39 is 23.7 Å². The number of nitrogen functional groups attached to an aromatic ring is 1. The standard InChI is InChI=1S/C30H42F4N6O2.C20H23ClN4O2/c1-36-8-9-37-29(41)20-40-14-12-39(13-15-40)18-22-6-10-38(11-7-22)19-24-17-25(35)3-5-28(24)42-21-23-2-4-27(31)26(16-23)30(32,33)34;1-13-10-16(26)19-18(13)20(23-12-22-19)25-8-6-24(7-9-25)17(27)11-14-2-4-15(21)5-3-14/h2-5,16-17,22,36H,6-15,18-21,35H2,1H3,(H,37,41);2-5,12-13,16,26H,6-11H2,1H3/t;13-,16?/m.1/s1. The van der Waals surface area contributed by atoms with Crippen molar-refractivity contribution in [1.29, 1.82) is 0 Å². The van der Waals surface area contributed by atoms with Crippen molar-refractivity contribution in [3.8, 4) is 5.75 Å². The molecule has 374 valence electrons. The van der Waals surface area contributed by atoms with Gasteiger partial charge in [-0.25, -0.2) is 14.4 Å². The van der Waals surface area contributed by atoms with Crippen molar-refractivity contribution in [3.05, 3.63) is 111 Å². The lowest BCUT2D eigenvalue weighted by Crippen LogP contribution is -2.51. The Balaban J connectivity index is 0.000000223. The van der Waals surface area contributed by atoms with Gasteiger partial charge < -0.3 is 40.9 Å². The molecule has 3 fully saturated rings. The second kappa shape index (κ2) is 24.1. The maximum absolute atomic E-state index is 13.7. The second-order valence-corrected chi connectivity index (χ2v) is 19.0. The van der Waals surface area contributed by atoms with Crippen molar-refractivity contribution >= 4 is 34.9 Å². The van der Waals surface area contributed by atoms with Gasteiger partial charge in [0.1, 0.15) is 30.3 Å². The van der Waals surface area contributed by atoms with Crippen LogP contribution in [-0.4, -0.2) is 145 Å². The molecule has 0 spiro atoms. The number of aliphatic hydroxyl groups is 1. The lowest BCUT2D eigenvalue weighted by molar-refractivity contribution is -0.140. The van der Waals surface area contributed by atoms with Gasteiger partial charge in [-0.15, -0.1) is 0 Å². The topological polar surface area (TPSA) is 156 Å². The van der Waals surface area contributed by atoms with Crippen LogP contribution in [0.25, 0.3) is 0 Å². The number of likely N-dealkylation sites (N-methyl/N-ethyl adjacent to an activating group) is 1. The van der Waals surface area contributed by atoms with Crippen molar-refractivity contribution in [1.82, 2.24) is 40.2 Å². The average Bonchev–Trinajstić information content (AvgIpc) is 3.63. The highest BCUT2D eigenvalue weighted by Crippen LogP contribution is 2.43. The summed E-state index contributed by atoms with van der Waals surface area (Å²) in [5.74, 6) is 1.22. The zero-order chi connectivity index (χ0) is 49.1. The first-order valence-corrected chi connectivity index (χ1v) is 24.3. The lowest BCUT2D eigenvalue weighted by Gasteiger charge is -2.38. The summed E-state index contributed by atoms with van der Waals surface area (Å²) >= 11 is 5.90. The molecule has 3 aromatic carbocycles. The molecule has 1 aliphatic carbocycles. The Labute approximate surface area is 407 Å². The molecule has 8 rings (SSSR count). The average molecular weight is 982 g/mol. The summed E-state index contributed by atoms with van der Waals surface area (Å²) in [5, 5.41) is 16.8. The van der Waals surface area contributed by atoms with E-state index in [0.717, 1.165) is 119 Å². The number of hydrogen-bond acceptors (Lipinski definition) is 12. The minimum absolute atomic E-state index is 0.0749. The third-order valence-corrected chi connectivity index (χ3v) is 13.7. The number of amides is 2. The van der Waals surface area contributed by atoms with Gasteiger partial charge in [-0.05, 0) is 105 Å². The number of benzene rings is 3. The molecule has 4 heterocycles. The van der Waals surface area contributed by atoms with E-state index in [9.17, 15) is 32.3 Å². The molecule has 2 amide bonds. The number of carbonyl (C=O) groups excluding carboxylic acids is 2. The van der Waals surface area contributed by atoms with E-state index in [1.165, 1.54) is 12.4 Å². The van der Waals surface area contributed by atoms with Crippen LogP contribution in [0.2, 0.25) is 5.02 Å². The predicted molar refractivity (Wildman–Crippen MR) is 258 cm³/mol. The number of ether oxygens (including phenoxy) is 1. The Hall–Kier alpha value is -5.11. The maximum atomic E-state index is 13.7. The first-order valence-electron chi connectivity index (χ1n) is 23.9. The third-order valence-electron chi connectivity index (χ3n) is 13.4. The molecule has 19 heteroatoms. The molecule has 3 saturated heterocycles. The number of anilines is 2. The molecule has 4 aromatic rings. The van der Waals surface area contributed by atoms with Crippen LogP contribution < -0.4 is 26.0 Å². The van der Waals surface area contributed by atoms with Crippen LogP contribution in [0.15, 0.2) is 67.0 Å². The minimum Gasteiger partial charge on any atom is -0.489 e. The number of aromatic nitrogens is 2. The molecule has 0 saturated carbocycles. The highest BCUT2D eigenvalue weighted by Gasteiger charge is 2.35. The Kier molecular flexibility index (Phi) is 18.1. The summed E-state index contributed by atoms with van der Waals surface area (Å²) < 4.78 is 58.9. The smallest absolute Gasteiger partial charge is 0.419 e. The fourth-order valence-corrected chi connectivity index (χ4v) is 9.69. The number of nitrogens with two attached hydrogens (primary N) is 1. The van der Waals surface area contributed by atoms with E-state index in [1.807, 2.05) is 42.3 Å². The van der Waals surface area contributed by atoms with Crippen LogP contribution in [-0.2, 0) is 35.3 Å². The van der Waals surface area contributed by atoms with Gasteiger partial charge in [-0.1, -0.05) is 36.7 Å². The van der Waals surface area contributed by atoms with Crippen LogP contribution in [0.1, 0.15) is 71.7 Å². The molecule has 1 aromatic heterocycles. The monoisotopic (exact) mass is 980 g/mol. The molecule has 2 atom stereocenters. The number of piperazine rings is 2. The zero-order valence-corrected chi connectivity index (χ0v) is 40.3. The summed E-state index contributed by atoms with van der Waals surface area (Å²) in [6.45, 7) is 13.9. The van der Waals surface area contributed by atoms with Crippen LogP contribution in [0.3, 0.4) is 0 Å². The lowest BCUT2D eigenvalue weighted by atomic mass is 9.95. The molecule has 0 radical (unpaired) electrons. The molecule has 3 aliphatic heterocycles. The normalized spacial score (nSPS) is 19.5. The van der Waals surface area contributed by atoms with Gasteiger partial charge in [-0.3, -0.25) is 19.4 Å². The van der Waals surface area contributed by atoms with Gasteiger partial charge in [0, 0.05) is 100 Å². The number of piperidine rings is 1. The highest BCUT2D eigenvalue weighted by atomic mass is 35.5. The van der Waals surface area contributed by atoms with E-state index in [2.05, 4.69) is 47.1 Å². The minimum atomic E-state index is -4.77. The molecule has 5 N–H and O–H groups in total. The van der Waals surface area contributed by atoms with Gasteiger partial charge >= 0.3 is 6.18 Å². The number of rotatable bonds is 15. The van der Waals surface area contributed by atoms with Crippen molar-refractivity contribution < 1.29 is 37.0 Å². The third kappa shape index (κ3) is 14.5. The van der Waals surface area contributed by atoms with E-state index in [1.54, 1.807) is 12.1 Å². The predicted octanol–water partition coefficient (Wildman–Crippen LogP) is 5.73. The first kappa shape index (κ1) is 51.7. The Morgan fingerprint density at radius 2 is 1.57 bits per heavy atom. The van der Waals surface area contributed by atoms with Crippen molar-refractivity contribution in [2.24, 2.45) is 5.92 Å². The fraction of sp³-hybridized carbons (Fsp3) is 0.520. The van der Waals surface area contributed by atoms with Crippen LogP contribution >= 0.6 is 11.6 Å². The van der Waals surface area contributed by atoms with Gasteiger partial charge in [0.2, 0.25) is 11.8 Å². The summed E-state index contributed by atoms with van der Waals surface area (Å²) in [6.07, 6.45) is -0.502. The maximum Gasteiger partial charge on any atom is 0.419 e. The van der Waals surface area contributed by atoms with E-state index in [0.29, 0.717) is 67.9 Å². The SMILES string of the molecule is CNCCNC(=O)CN1CCN(CC2CCN(Cc3cc(N)ccc3OCc3ccc(F)c(C(F)(F)F)c3)CC2)CC1.C[C@@H]1CC(O)c2ncnc(N3CCN(C(=O)Cc4ccc(Cl)cc4)CC3)c21. The number of alkyl halides is 3. The Bertz CT molecular complexity index is 2320. The van der Waals surface area contributed by atoms with Gasteiger partial charge in [0.25, 0.3) is 0 Å². The van der Waals surface area contributed by atoms with E-state index in [4.69, 9.17) is 22.1 Å². The molecule has 0 bridgehead atoms. The van der Waals surface area contributed by atoms with Crippen LogP contribution in [0.5, 0.6) is 5.75 Å². The molecular weight excluding hydrogens is 916 g/mol. The summed E-state index contributed by atoms with van der Waals surface area (Å²) in [7, 11) is 1.86. The highest BCUT2D eigenvalue weighted by molar-refractivity contribution is 6.30. The number of likely N-dealkylation sites (tertiary alicyclic amines) is 1. The number of fused-ring (bicyclic) bond motifs is 1. The fourth-order valence-electron chi connectivity index (χ4n) is 9.56. The molecule has 14 nitrogen and oxygen atoms in total. The van der Waals surface area contributed by atoms with Gasteiger partial charge in [0.05, 0.1) is 30.3 Å². The Morgan fingerprint density at radius 3 is 2.26 bits per heavy atom. The van der Waals surface area contributed by atoms with Crippen molar-refractivity contribution in [2.45, 2.75) is 64.0 Å². The van der Waals surface area contributed by atoms with Crippen molar-refractivity contribution in [3.63, 3.8) is 0 Å². The zero-order valence-electron chi connectivity index (χ0n) is 39.5. The number of halogens is 5. The quantitative estimate of drug-likeness (QED) is 0.0654. The molecule has 69 heavy (non-hydrogen) atoms. The summed E-state index contributed by atoms with van der Waals surface area (Å²) in [4.78, 5) is 44.6. The number of aliphatic hydroxyl groups excluding tert-OH is 1. The molecule has 4 aliphatic rings. The van der Waals surface area contributed by atoms with Gasteiger partial charge in [0.15, 0.2) is 0 Å². The number of nitrogens with one attached hydrogen (secondary N) is 2. The molecular formula is C50H65ClF4N10O4. The molecule has 1 unspecified atom stereocenters. The number of hydrogen-bond donors (Lipinski definition) is 4. The first-order chi connectivity index (χ1) is 33.1. The summed E-state index contributed by atoms with van der Waals surface area (Å²) in [5.41, 5.74) is 9.23. The van der Waals surface area contributed by atoms with E-state index in [-0.39, 0.29) is 29.9 Å². The second-order valence-electron chi connectivity index (χ2n) is 18.5. The largest absolute Gasteiger partial charge is 0.489 e. The Morgan fingerprint density at radius 1 is 0.870 bits per heavy atom. The van der Waals surface area contributed by atoms with Gasteiger partial charge in [-0.2, -0.15) is 13.2 Å². The van der Waals surface area contributed by atoms with Crippen LogP contribution in [0, 0.1) is 11.7 Å². The number of nitrogens with zero attached hydrogens (tertiary/aromatic N) is 7. The van der Waals surface area contributed by atoms with Crippen LogP contribution in [0.4, 0.5) is 29.1 Å². The van der Waals surface area contributed by atoms with E-state index >= 15 is 0 Å². The summed E-state index contributed by atoms with van der Waals surface area (Å²) in [6, 6.07) is 15.6. The number of carbonyl (C=O) groups is 2.